The van der Waals surface area contributed by atoms with Gasteiger partial charge in [-0.25, -0.2) is 0 Å². The molecule has 3 heterocycles. The number of allylic oxidation sites excluding steroid dienone is 2. The molecule has 0 radical (unpaired) electrons. The van der Waals surface area contributed by atoms with Crippen molar-refractivity contribution in [3.63, 3.8) is 0 Å². The molecule has 170 valence electrons. The molecular weight excluding hydrogens is 432 g/mol. The first kappa shape index (κ1) is 21.8. The second-order valence-corrected chi connectivity index (χ2v) is 9.32. The fraction of sp³-hybridized carbons (Fsp3) is 0.296. The lowest BCUT2D eigenvalue weighted by molar-refractivity contribution is -0.119. The number of likely N-dealkylation sites (tertiary alicyclic amines) is 1. The minimum absolute atomic E-state index is 0.0581. The Bertz CT molecular complexity index is 1100. The number of nitrogens with one attached hydrogen (secondary N) is 2. The number of amides is 1. The Labute approximate surface area is 200 Å². The molecule has 5 nitrogen and oxygen atoms in total. The minimum Gasteiger partial charge on any atom is -0.360 e. The molecule has 0 aromatic heterocycles. The highest BCUT2D eigenvalue weighted by Gasteiger charge is 2.33. The van der Waals surface area contributed by atoms with Crippen LogP contribution in [0.2, 0.25) is 5.02 Å². The van der Waals surface area contributed by atoms with E-state index in [2.05, 4.69) is 75.2 Å². The van der Waals surface area contributed by atoms with Gasteiger partial charge < -0.3 is 15.5 Å². The molecule has 0 spiro atoms. The first-order chi connectivity index (χ1) is 16.1. The van der Waals surface area contributed by atoms with Crippen molar-refractivity contribution in [3.05, 3.63) is 94.8 Å². The Morgan fingerprint density at radius 3 is 2.48 bits per heavy atom. The van der Waals surface area contributed by atoms with Gasteiger partial charge in [-0.2, -0.15) is 0 Å². The Balaban J connectivity index is 1.43. The summed E-state index contributed by atoms with van der Waals surface area (Å²) in [6.07, 6.45) is 8.74. The molecule has 1 fully saturated rings. The topological polar surface area (TPSA) is 47.6 Å². The molecule has 2 aromatic carbocycles. The standard InChI is InChI=1S/C27H29ClN4O/c1-19(33)29-24-13-15-31(16-14-24)18-25-27(21-7-10-23(28)11-8-21)30-26-12-9-22(17-32(25)26)20-5-3-2-4-6-20/h2-12,17,24,26,30H,13-16,18H2,1H3,(H,29,33). The Hall–Kier alpha value is -3.02. The summed E-state index contributed by atoms with van der Waals surface area (Å²) < 4.78 is 0. The lowest BCUT2D eigenvalue weighted by Crippen LogP contribution is -2.45. The maximum Gasteiger partial charge on any atom is 0.217 e. The van der Waals surface area contributed by atoms with Crippen LogP contribution in [0.25, 0.3) is 11.3 Å². The molecule has 3 aliphatic heterocycles. The zero-order valence-corrected chi connectivity index (χ0v) is 19.6. The highest BCUT2D eigenvalue weighted by molar-refractivity contribution is 6.30. The minimum atomic E-state index is 0.0581. The van der Waals surface area contributed by atoms with Gasteiger partial charge >= 0.3 is 0 Å². The number of piperidine rings is 1. The van der Waals surface area contributed by atoms with Crippen molar-refractivity contribution >= 4 is 28.8 Å². The third-order valence-corrected chi connectivity index (χ3v) is 6.79. The van der Waals surface area contributed by atoms with Crippen molar-refractivity contribution < 1.29 is 4.79 Å². The Kier molecular flexibility index (Phi) is 6.25. The van der Waals surface area contributed by atoms with E-state index < -0.39 is 0 Å². The van der Waals surface area contributed by atoms with Gasteiger partial charge in [0.05, 0.1) is 11.4 Å². The number of hydrogen-bond donors (Lipinski definition) is 2. The van der Waals surface area contributed by atoms with Crippen LogP contribution in [0.15, 0.2) is 78.6 Å². The van der Waals surface area contributed by atoms with E-state index in [1.165, 1.54) is 16.8 Å². The average Bonchev–Trinajstić information content (AvgIpc) is 3.18. The van der Waals surface area contributed by atoms with Gasteiger partial charge in [0.25, 0.3) is 0 Å². The van der Waals surface area contributed by atoms with E-state index in [4.69, 9.17) is 11.6 Å². The number of fused-ring (bicyclic) bond motifs is 1. The van der Waals surface area contributed by atoms with E-state index in [9.17, 15) is 4.79 Å². The summed E-state index contributed by atoms with van der Waals surface area (Å²) in [5.41, 5.74) is 5.96. The van der Waals surface area contributed by atoms with E-state index in [1.807, 2.05) is 18.2 Å². The molecule has 1 atom stereocenters. The Morgan fingerprint density at radius 2 is 1.79 bits per heavy atom. The van der Waals surface area contributed by atoms with Crippen LogP contribution in [0.3, 0.4) is 0 Å². The summed E-state index contributed by atoms with van der Waals surface area (Å²) in [5.74, 6) is 0.0581. The first-order valence-electron chi connectivity index (χ1n) is 11.6. The van der Waals surface area contributed by atoms with Crippen molar-refractivity contribution in [1.82, 2.24) is 20.4 Å². The normalized spacial score (nSPS) is 21.0. The number of carbonyl (C=O) groups excluding carboxylic acids is 1. The molecule has 1 unspecified atom stereocenters. The van der Waals surface area contributed by atoms with Crippen LogP contribution in [0.4, 0.5) is 0 Å². The fourth-order valence-electron chi connectivity index (χ4n) is 4.85. The molecule has 2 aromatic rings. The predicted molar refractivity (Wildman–Crippen MR) is 134 cm³/mol. The van der Waals surface area contributed by atoms with Gasteiger partial charge in [-0.15, -0.1) is 0 Å². The number of halogens is 1. The summed E-state index contributed by atoms with van der Waals surface area (Å²) in [7, 11) is 0. The van der Waals surface area contributed by atoms with Crippen molar-refractivity contribution in [2.24, 2.45) is 0 Å². The third-order valence-electron chi connectivity index (χ3n) is 6.54. The van der Waals surface area contributed by atoms with Gasteiger partial charge in [-0.05, 0) is 47.8 Å². The summed E-state index contributed by atoms with van der Waals surface area (Å²) >= 11 is 6.16. The number of rotatable bonds is 5. The number of carbonyl (C=O) groups is 1. The van der Waals surface area contributed by atoms with Crippen molar-refractivity contribution in [1.29, 1.82) is 0 Å². The smallest absolute Gasteiger partial charge is 0.217 e. The molecule has 1 amide bonds. The lowest BCUT2D eigenvalue weighted by atomic mass is 10.0. The van der Waals surface area contributed by atoms with E-state index in [0.29, 0.717) is 0 Å². The number of hydrogen-bond acceptors (Lipinski definition) is 4. The van der Waals surface area contributed by atoms with Gasteiger partial charge in [0.2, 0.25) is 5.91 Å². The highest BCUT2D eigenvalue weighted by Crippen LogP contribution is 2.34. The summed E-state index contributed by atoms with van der Waals surface area (Å²) in [5, 5.41) is 7.53. The van der Waals surface area contributed by atoms with Crippen LogP contribution in [0, 0.1) is 0 Å². The predicted octanol–water partition coefficient (Wildman–Crippen LogP) is 4.45. The average molecular weight is 461 g/mol. The maximum absolute atomic E-state index is 11.4. The molecular formula is C27H29ClN4O. The van der Waals surface area contributed by atoms with Crippen LogP contribution >= 0.6 is 11.6 Å². The largest absolute Gasteiger partial charge is 0.360 e. The fourth-order valence-corrected chi connectivity index (χ4v) is 4.97. The molecule has 0 bridgehead atoms. The van der Waals surface area contributed by atoms with Gasteiger partial charge in [-0.1, -0.05) is 60.1 Å². The molecule has 2 N–H and O–H groups in total. The second kappa shape index (κ2) is 9.46. The molecule has 6 heteroatoms. The first-order valence-corrected chi connectivity index (χ1v) is 11.9. The second-order valence-electron chi connectivity index (χ2n) is 8.89. The number of nitrogens with zero attached hydrogens (tertiary/aromatic N) is 2. The van der Waals surface area contributed by atoms with Gasteiger partial charge in [0.1, 0.15) is 6.17 Å². The molecule has 5 rings (SSSR count). The van der Waals surface area contributed by atoms with Crippen LogP contribution in [-0.4, -0.2) is 47.5 Å². The van der Waals surface area contributed by atoms with E-state index >= 15 is 0 Å². The monoisotopic (exact) mass is 460 g/mol. The van der Waals surface area contributed by atoms with Crippen molar-refractivity contribution in [2.45, 2.75) is 32.0 Å². The van der Waals surface area contributed by atoms with E-state index in [1.54, 1.807) is 6.92 Å². The van der Waals surface area contributed by atoms with Crippen LogP contribution in [0.5, 0.6) is 0 Å². The molecule has 33 heavy (non-hydrogen) atoms. The molecule has 0 aliphatic carbocycles. The van der Waals surface area contributed by atoms with Gasteiger partial charge in [0, 0.05) is 43.8 Å². The lowest BCUT2D eigenvalue weighted by Gasteiger charge is -2.35. The molecule has 0 saturated carbocycles. The van der Waals surface area contributed by atoms with Crippen LogP contribution in [-0.2, 0) is 4.79 Å². The highest BCUT2D eigenvalue weighted by atomic mass is 35.5. The zero-order chi connectivity index (χ0) is 22.8. The quantitative estimate of drug-likeness (QED) is 0.692. The zero-order valence-electron chi connectivity index (χ0n) is 18.8. The van der Waals surface area contributed by atoms with Crippen molar-refractivity contribution in [3.8, 4) is 0 Å². The number of benzene rings is 2. The van der Waals surface area contributed by atoms with E-state index in [-0.39, 0.29) is 18.1 Å². The third kappa shape index (κ3) is 4.85. The molecule has 3 aliphatic rings. The summed E-state index contributed by atoms with van der Waals surface area (Å²) in [6.45, 7) is 4.37. The van der Waals surface area contributed by atoms with Crippen LogP contribution in [0.1, 0.15) is 30.9 Å². The summed E-state index contributed by atoms with van der Waals surface area (Å²) in [6, 6.07) is 18.8. The van der Waals surface area contributed by atoms with Gasteiger partial charge in [0.15, 0.2) is 0 Å². The molecule has 1 saturated heterocycles. The van der Waals surface area contributed by atoms with E-state index in [0.717, 1.165) is 48.8 Å². The van der Waals surface area contributed by atoms with Gasteiger partial charge in [-0.3, -0.25) is 9.69 Å². The van der Waals surface area contributed by atoms with Crippen molar-refractivity contribution in [2.75, 3.05) is 19.6 Å². The van der Waals surface area contributed by atoms with Crippen LogP contribution < -0.4 is 10.6 Å². The maximum atomic E-state index is 11.4. The Morgan fingerprint density at radius 1 is 1.06 bits per heavy atom. The SMILES string of the molecule is CC(=O)NC1CCN(CC2=C(c3ccc(Cl)cc3)NC3C=CC(c4ccccc4)=CN23)CC1. The summed E-state index contributed by atoms with van der Waals surface area (Å²) in [4.78, 5) is 16.3.